The molecule has 0 aromatic heterocycles. The van der Waals surface area contributed by atoms with E-state index >= 15 is 0 Å². The summed E-state index contributed by atoms with van der Waals surface area (Å²) in [6.07, 6.45) is 9.16. The number of carbonyl (C=O) groups is 3. The number of amides is 1. The van der Waals surface area contributed by atoms with Crippen LogP contribution in [0, 0.1) is 11.7 Å². The number of carbonyl (C=O) groups excluding carboxylic acids is 1. The molecule has 1 saturated heterocycles. The van der Waals surface area contributed by atoms with Crippen molar-refractivity contribution in [1.82, 2.24) is 4.90 Å². The van der Waals surface area contributed by atoms with E-state index in [0.717, 1.165) is 49.8 Å². The molecule has 0 atom stereocenters. The Labute approximate surface area is 245 Å². The fourth-order valence-corrected chi connectivity index (χ4v) is 5.07. The number of hydrogen-bond acceptors (Lipinski definition) is 4. The maximum Gasteiger partial charge on any atom is 0.335 e. The van der Waals surface area contributed by atoms with Gasteiger partial charge in [0, 0.05) is 25.1 Å². The highest BCUT2D eigenvalue weighted by atomic mass is 19.1. The van der Waals surface area contributed by atoms with Gasteiger partial charge in [-0.05, 0) is 98.0 Å². The number of nitrogens with zero attached hydrogens (tertiary/aromatic N) is 1. The van der Waals surface area contributed by atoms with E-state index in [4.69, 9.17) is 4.74 Å². The van der Waals surface area contributed by atoms with Crippen LogP contribution in [-0.2, 0) is 17.6 Å². The summed E-state index contributed by atoms with van der Waals surface area (Å²) >= 11 is 0. The number of carboxylic acids is 2. The second kappa shape index (κ2) is 15.0. The quantitative estimate of drug-likeness (QED) is 0.201. The SMILES string of the molecule is O=C(O)c1ccc(CCC(/C=C/c2cc(F)ccc2OCCCN2CCCC2=O)CCc2ccc(C(=O)O)cc2)cc1. The summed E-state index contributed by atoms with van der Waals surface area (Å²) in [5.74, 6) is -1.42. The summed E-state index contributed by atoms with van der Waals surface area (Å²) < 4.78 is 20.2. The van der Waals surface area contributed by atoms with E-state index in [2.05, 4.69) is 6.08 Å². The molecule has 3 aromatic carbocycles. The van der Waals surface area contributed by atoms with Crippen LogP contribution in [0.3, 0.4) is 0 Å². The number of rotatable bonds is 15. The monoisotopic (exact) mass is 573 g/mol. The van der Waals surface area contributed by atoms with Crippen LogP contribution in [0.15, 0.2) is 72.8 Å². The Morgan fingerprint density at radius 2 is 1.50 bits per heavy atom. The highest BCUT2D eigenvalue weighted by molar-refractivity contribution is 5.88. The van der Waals surface area contributed by atoms with Crippen molar-refractivity contribution < 1.29 is 33.7 Å². The Morgan fingerprint density at radius 1 is 0.905 bits per heavy atom. The van der Waals surface area contributed by atoms with Gasteiger partial charge in [-0.1, -0.05) is 36.4 Å². The molecular weight excluding hydrogens is 537 g/mol. The average molecular weight is 574 g/mol. The Balaban J connectivity index is 1.43. The number of halogens is 1. The predicted octanol–water partition coefficient (Wildman–Crippen LogP) is 6.51. The van der Waals surface area contributed by atoms with Crippen LogP contribution in [0.2, 0.25) is 0 Å². The molecule has 0 unspecified atom stereocenters. The van der Waals surface area contributed by atoms with Gasteiger partial charge in [-0.2, -0.15) is 0 Å². The van der Waals surface area contributed by atoms with Gasteiger partial charge in [-0.3, -0.25) is 4.79 Å². The third-order valence-corrected chi connectivity index (χ3v) is 7.53. The number of allylic oxidation sites excluding steroid dienone is 1. The molecule has 0 bridgehead atoms. The minimum Gasteiger partial charge on any atom is -0.493 e. The third kappa shape index (κ3) is 9.03. The van der Waals surface area contributed by atoms with E-state index < -0.39 is 11.9 Å². The summed E-state index contributed by atoms with van der Waals surface area (Å²) in [6, 6.07) is 18.1. The minimum absolute atomic E-state index is 0.112. The van der Waals surface area contributed by atoms with Gasteiger partial charge in [0.25, 0.3) is 0 Å². The van der Waals surface area contributed by atoms with Crippen LogP contribution in [0.4, 0.5) is 4.39 Å². The summed E-state index contributed by atoms with van der Waals surface area (Å²) in [5, 5.41) is 18.3. The number of benzene rings is 3. The lowest BCUT2D eigenvalue weighted by Gasteiger charge is -2.16. The van der Waals surface area contributed by atoms with Crippen molar-refractivity contribution in [3.05, 3.63) is 106 Å². The molecule has 4 rings (SSSR count). The zero-order valence-corrected chi connectivity index (χ0v) is 23.5. The van der Waals surface area contributed by atoms with Crippen LogP contribution in [-0.4, -0.2) is 52.7 Å². The fourth-order valence-electron chi connectivity index (χ4n) is 5.07. The molecular formula is C34H36FNO6. The van der Waals surface area contributed by atoms with Crippen molar-refractivity contribution in [1.29, 1.82) is 0 Å². The van der Waals surface area contributed by atoms with Gasteiger partial charge >= 0.3 is 11.9 Å². The first-order chi connectivity index (χ1) is 20.3. The van der Waals surface area contributed by atoms with E-state index in [1.54, 1.807) is 30.3 Å². The van der Waals surface area contributed by atoms with Gasteiger partial charge < -0.3 is 19.8 Å². The number of aryl methyl sites for hydroxylation is 2. The maximum absolute atomic E-state index is 14.2. The molecule has 1 amide bonds. The molecule has 0 radical (unpaired) electrons. The first-order valence-electron chi connectivity index (χ1n) is 14.3. The van der Waals surface area contributed by atoms with Gasteiger partial charge in [0.15, 0.2) is 0 Å². The van der Waals surface area contributed by atoms with Crippen LogP contribution in [0.5, 0.6) is 5.75 Å². The first kappa shape index (κ1) is 30.5. The molecule has 1 heterocycles. The third-order valence-electron chi connectivity index (χ3n) is 7.53. The second-order valence-electron chi connectivity index (χ2n) is 10.6. The van der Waals surface area contributed by atoms with E-state index in [1.807, 2.05) is 35.2 Å². The van der Waals surface area contributed by atoms with Gasteiger partial charge in [0.05, 0.1) is 17.7 Å². The van der Waals surface area contributed by atoms with Gasteiger partial charge in [0.1, 0.15) is 11.6 Å². The molecule has 8 heteroatoms. The molecule has 1 fully saturated rings. The normalized spacial score (nSPS) is 13.3. The number of aromatic carboxylic acids is 2. The van der Waals surface area contributed by atoms with Crippen molar-refractivity contribution in [2.75, 3.05) is 19.7 Å². The van der Waals surface area contributed by atoms with Crippen molar-refractivity contribution in [2.24, 2.45) is 5.92 Å². The molecule has 0 aliphatic carbocycles. The van der Waals surface area contributed by atoms with Crippen molar-refractivity contribution >= 4 is 23.9 Å². The molecule has 1 aliphatic heterocycles. The Morgan fingerprint density at radius 3 is 2.02 bits per heavy atom. The zero-order chi connectivity index (χ0) is 29.9. The maximum atomic E-state index is 14.2. The molecule has 1 aliphatic rings. The molecule has 0 saturated carbocycles. The van der Waals surface area contributed by atoms with Crippen molar-refractivity contribution in [3.8, 4) is 5.75 Å². The lowest BCUT2D eigenvalue weighted by Crippen LogP contribution is -2.26. The van der Waals surface area contributed by atoms with Gasteiger partial charge in [-0.15, -0.1) is 0 Å². The standard InChI is InChI=1S/C34H36FNO6/c35-30-18-19-31(42-22-2-21-36-20-1-3-32(36)37)29(23-30)17-12-24(4-6-25-8-13-27(14-9-25)33(38)39)5-7-26-10-15-28(16-11-26)34(40)41/h8-19,23-24H,1-7,20-22H2,(H,38,39)(H,40,41)/b17-12+. The molecule has 0 spiro atoms. The van der Waals surface area contributed by atoms with Crippen molar-refractivity contribution in [2.45, 2.75) is 44.9 Å². The molecule has 7 nitrogen and oxygen atoms in total. The highest BCUT2D eigenvalue weighted by Crippen LogP contribution is 2.25. The van der Waals surface area contributed by atoms with E-state index in [1.165, 1.54) is 12.1 Å². The summed E-state index contributed by atoms with van der Waals surface area (Å²) in [6.45, 7) is 1.85. The largest absolute Gasteiger partial charge is 0.493 e. The number of hydrogen-bond donors (Lipinski definition) is 2. The summed E-state index contributed by atoms with van der Waals surface area (Å²) in [7, 11) is 0. The molecule has 2 N–H and O–H groups in total. The van der Waals surface area contributed by atoms with Crippen LogP contribution >= 0.6 is 0 Å². The first-order valence-corrected chi connectivity index (χ1v) is 14.3. The Hall–Kier alpha value is -4.46. The predicted molar refractivity (Wildman–Crippen MR) is 158 cm³/mol. The topological polar surface area (TPSA) is 104 Å². The zero-order valence-electron chi connectivity index (χ0n) is 23.5. The Kier molecular flexibility index (Phi) is 10.9. The van der Waals surface area contributed by atoms with E-state index in [-0.39, 0.29) is 28.8 Å². The van der Waals surface area contributed by atoms with Crippen LogP contribution < -0.4 is 4.74 Å². The van der Waals surface area contributed by atoms with E-state index in [9.17, 15) is 29.0 Å². The number of carboxylic acid groups (broad SMARTS) is 2. The van der Waals surface area contributed by atoms with Crippen LogP contribution in [0.25, 0.3) is 6.08 Å². The van der Waals surface area contributed by atoms with Crippen molar-refractivity contribution in [3.63, 3.8) is 0 Å². The van der Waals surface area contributed by atoms with Crippen LogP contribution in [0.1, 0.15) is 69.5 Å². The van der Waals surface area contributed by atoms with Gasteiger partial charge in [0.2, 0.25) is 5.91 Å². The number of ether oxygens (including phenoxy) is 1. The summed E-state index contributed by atoms with van der Waals surface area (Å²) in [4.78, 5) is 36.1. The Bertz CT molecular complexity index is 1340. The van der Waals surface area contributed by atoms with E-state index in [0.29, 0.717) is 37.3 Å². The lowest BCUT2D eigenvalue weighted by atomic mass is 9.91. The summed E-state index contributed by atoms with van der Waals surface area (Å²) in [5.41, 5.74) is 3.16. The average Bonchev–Trinajstić information content (AvgIpc) is 3.40. The lowest BCUT2D eigenvalue weighted by molar-refractivity contribution is -0.127. The highest BCUT2D eigenvalue weighted by Gasteiger charge is 2.19. The number of likely N-dealkylation sites (tertiary alicyclic amines) is 1. The second-order valence-corrected chi connectivity index (χ2v) is 10.6. The molecule has 3 aromatic rings. The smallest absolute Gasteiger partial charge is 0.335 e. The van der Waals surface area contributed by atoms with Gasteiger partial charge in [-0.25, -0.2) is 14.0 Å². The minimum atomic E-state index is -0.964. The molecule has 42 heavy (non-hydrogen) atoms. The fraction of sp³-hybridized carbons (Fsp3) is 0.324. The molecule has 220 valence electrons.